The molecule has 0 radical (unpaired) electrons. The molecule has 0 unspecified atom stereocenters. The first-order valence-corrected chi connectivity index (χ1v) is 9.55. The van der Waals surface area contributed by atoms with Gasteiger partial charge in [0, 0.05) is 16.8 Å². The van der Waals surface area contributed by atoms with Gasteiger partial charge in [-0.2, -0.15) is 0 Å². The number of benzene rings is 1. The Morgan fingerprint density at radius 2 is 2.00 bits per heavy atom. The van der Waals surface area contributed by atoms with Crippen molar-refractivity contribution in [2.45, 2.75) is 37.6 Å². The number of halogens is 1. The van der Waals surface area contributed by atoms with E-state index >= 15 is 0 Å². The van der Waals surface area contributed by atoms with Crippen molar-refractivity contribution in [1.82, 2.24) is 15.3 Å². The fourth-order valence-electron chi connectivity index (χ4n) is 2.40. The maximum Gasteiger partial charge on any atom is 0.233 e. The Bertz CT molecular complexity index is 909. The predicted octanol–water partition coefficient (Wildman–Crippen LogP) is 4.24. The molecule has 2 aromatic heterocycles. The van der Waals surface area contributed by atoms with Gasteiger partial charge in [0.05, 0.1) is 5.25 Å². The molecule has 3 rings (SSSR count). The Morgan fingerprint density at radius 1 is 1.28 bits per heavy atom. The highest BCUT2D eigenvalue weighted by Crippen LogP contribution is 2.35. The third kappa shape index (κ3) is 3.99. The Kier molecular flexibility index (Phi) is 5.34. The lowest BCUT2D eigenvalue weighted by Gasteiger charge is -2.12. The number of aromatic nitrogens is 2. The SMILES string of the molecule is Cc1sc2ncnc(S[C@@H](C)C(=O)NCc3ccc(F)cc3)c2c1C. The molecule has 0 aliphatic heterocycles. The summed E-state index contributed by atoms with van der Waals surface area (Å²) >= 11 is 3.07. The number of rotatable bonds is 5. The molecule has 7 heteroatoms. The molecule has 0 saturated carbocycles. The van der Waals surface area contributed by atoms with E-state index in [1.54, 1.807) is 29.8 Å². The monoisotopic (exact) mass is 375 g/mol. The Hall–Kier alpha value is -1.99. The average molecular weight is 375 g/mol. The number of nitrogens with zero attached hydrogens (tertiary/aromatic N) is 2. The van der Waals surface area contributed by atoms with Crippen molar-refractivity contribution in [2.24, 2.45) is 0 Å². The first-order valence-electron chi connectivity index (χ1n) is 7.85. The van der Waals surface area contributed by atoms with Crippen LogP contribution in [0.15, 0.2) is 35.6 Å². The molecule has 0 fully saturated rings. The van der Waals surface area contributed by atoms with Gasteiger partial charge in [-0.1, -0.05) is 23.9 Å². The maximum atomic E-state index is 12.9. The number of thiophene rings is 1. The molecule has 3 aromatic rings. The number of carbonyl (C=O) groups is 1. The number of aryl methyl sites for hydroxylation is 2. The van der Waals surface area contributed by atoms with Crippen molar-refractivity contribution in [3.05, 3.63) is 52.4 Å². The molecular formula is C18H18FN3OS2. The molecule has 1 atom stereocenters. The van der Waals surface area contributed by atoms with E-state index in [2.05, 4.69) is 29.1 Å². The van der Waals surface area contributed by atoms with Gasteiger partial charge in [0.15, 0.2) is 0 Å². The van der Waals surface area contributed by atoms with Crippen LogP contribution in [0.1, 0.15) is 22.9 Å². The molecule has 0 aliphatic rings. The fraction of sp³-hybridized carbons (Fsp3) is 0.278. The predicted molar refractivity (Wildman–Crippen MR) is 100 cm³/mol. The van der Waals surface area contributed by atoms with Gasteiger partial charge in [-0.15, -0.1) is 11.3 Å². The first-order chi connectivity index (χ1) is 12.0. The third-order valence-electron chi connectivity index (χ3n) is 3.97. The number of hydrogen-bond acceptors (Lipinski definition) is 5. The minimum Gasteiger partial charge on any atom is -0.351 e. The van der Waals surface area contributed by atoms with Crippen LogP contribution < -0.4 is 5.32 Å². The smallest absolute Gasteiger partial charge is 0.233 e. The van der Waals surface area contributed by atoms with Crippen molar-refractivity contribution in [3.8, 4) is 0 Å². The standard InChI is InChI=1S/C18H18FN3OS2/c1-10-11(2)24-17-15(10)18(22-9-21-17)25-12(3)16(23)20-8-13-4-6-14(19)7-5-13/h4-7,9,12H,8H2,1-3H3,(H,20,23)/t12-/m0/s1. The van der Waals surface area contributed by atoms with Crippen molar-refractivity contribution in [2.75, 3.05) is 0 Å². The molecule has 1 amide bonds. The topological polar surface area (TPSA) is 54.9 Å². The van der Waals surface area contributed by atoms with Gasteiger partial charge in [-0.05, 0) is 44.0 Å². The van der Waals surface area contributed by atoms with Crippen LogP contribution >= 0.6 is 23.1 Å². The fourth-order valence-corrected chi connectivity index (χ4v) is 4.46. The molecule has 2 heterocycles. The normalized spacial score (nSPS) is 12.3. The van der Waals surface area contributed by atoms with Gasteiger partial charge in [0.1, 0.15) is 22.0 Å². The van der Waals surface area contributed by atoms with Crippen LogP contribution in [0.5, 0.6) is 0 Å². The number of amides is 1. The number of hydrogen-bond donors (Lipinski definition) is 1. The van der Waals surface area contributed by atoms with E-state index in [0.29, 0.717) is 6.54 Å². The van der Waals surface area contributed by atoms with E-state index in [1.807, 2.05) is 6.92 Å². The lowest BCUT2D eigenvalue weighted by Crippen LogP contribution is -2.30. The highest BCUT2D eigenvalue weighted by Gasteiger charge is 2.19. The summed E-state index contributed by atoms with van der Waals surface area (Å²) in [6, 6.07) is 6.11. The summed E-state index contributed by atoms with van der Waals surface area (Å²) in [7, 11) is 0. The van der Waals surface area contributed by atoms with E-state index in [9.17, 15) is 9.18 Å². The molecule has 0 saturated heterocycles. The van der Waals surface area contributed by atoms with E-state index in [1.165, 1.54) is 34.3 Å². The van der Waals surface area contributed by atoms with Crippen LogP contribution in [0.2, 0.25) is 0 Å². The quantitative estimate of drug-likeness (QED) is 0.535. The number of nitrogens with one attached hydrogen (secondary N) is 1. The second-order valence-electron chi connectivity index (χ2n) is 5.75. The van der Waals surface area contributed by atoms with Crippen LogP contribution in [0.3, 0.4) is 0 Å². The van der Waals surface area contributed by atoms with Crippen LogP contribution in [-0.4, -0.2) is 21.1 Å². The van der Waals surface area contributed by atoms with Crippen molar-refractivity contribution in [3.63, 3.8) is 0 Å². The molecular weight excluding hydrogens is 357 g/mol. The summed E-state index contributed by atoms with van der Waals surface area (Å²) in [6.07, 6.45) is 1.54. The molecule has 1 N–H and O–H groups in total. The zero-order valence-corrected chi connectivity index (χ0v) is 15.8. The lowest BCUT2D eigenvalue weighted by molar-refractivity contribution is -0.120. The molecule has 0 spiro atoms. The zero-order chi connectivity index (χ0) is 18.0. The summed E-state index contributed by atoms with van der Waals surface area (Å²) in [4.78, 5) is 23.2. The minimum atomic E-state index is -0.293. The van der Waals surface area contributed by atoms with Gasteiger partial charge in [0.2, 0.25) is 5.91 Å². The highest BCUT2D eigenvalue weighted by atomic mass is 32.2. The van der Waals surface area contributed by atoms with Crippen molar-refractivity contribution in [1.29, 1.82) is 0 Å². The van der Waals surface area contributed by atoms with E-state index in [4.69, 9.17) is 0 Å². The van der Waals surface area contributed by atoms with Gasteiger partial charge in [0.25, 0.3) is 0 Å². The minimum absolute atomic E-state index is 0.0781. The number of fused-ring (bicyclic) bond motifs is 1. The summed E-state index contributed by atoms with van der Waals surface area (Å²) in [5.41, 5.74) is 2.03. The Labute approximate surface area is 153 Å². The molecule has 25 heavy (non-hydrogen) atoms. The van der Waals surface area contributed by atoms with Gasteiger partial charge in [-0.3, -0.25) is 4.79 Å². The third-order valence-corrected chi connectivity index (χ3v) is 6.18. The van der Waals surface area contributed by atoms with E-state index in [-0.39, 0.29) is 17.0 Å². The zero-order valence-electron chi connectivity index (χ0n) is 14.2. The van der Waals surface area contributed by atoms with Crippen LogP contribution in [0.4, 0.5) is 4.39 Å². The maximum absolute atomic E-state index is 12.9. The molecule has 0 aliphatic carbocycles. The van der Waals surface area contributed by atoms with Gasteiger partial charge in [-0.25, -0.2) is 14.4 Å². The molecule has 130 valence electrons. The van der Waals surface area contributed by atoms with Crippen molar-refractivity contribution >= 4 is 39.2 Å². The number of carbonyl (C=O) groups excluding carboxylic acids is 1. The van der Waals surface area contributed by atoms with E-state index in [0.717, 1.165) is 20.8 Å². The second kappa shape index (κ2) is 7.49. The first kappa shape index (κ1) is 17.8. The van der Waals surface area contributed by atoms with Crippen molar-refractivity contribution < 1.29 is 9.18 Å². The summed E-state index contributed by atoms with van der Waals surface area (Å²) in [5.74, 6) is -0.362. The molecule has 1 aromatic carbocycles. The Morgan fingerprint density at radius 3 is 2.72 bits per heavy atom. The average Bonchev–Trinajstić information content (AvgIpc) is 2.89. The number of thioether (sulfide) groups is 1. The van der Waals surface area contributed by atoms with Crippen LogP contribution in [0, 0.1) is 19.7 Å². The van der Waals surface area contributed by atoms with E-state index < -0.39 is 0 Å². The second-order valence-corrected chi connectivity index (χ2v) is 8.28. The van der Waals surface area contributed by atoms with Gasteiger partial charge >= 0.3 is 0 Å². The Balaban J connectivity index is 1.68. The van der Waals surface area contributed by atoms with Crippen LogP contribution in [-0.2, 0) is 11.3 Å². The van der Waals surface area contributed by atoms with Gasteiger partial charge < -0.3 is 5.32 Å². The largest absolute Gasteiger partial charge is 0.351 e. The lowest BCUT2D eigenvalue weighted by atomic mass is 10.2. The molecule has 0 bridgehead atoms. The summed E-state index contributed by atoms with van der Waals surface area (Å²) in [5, 5.41) is 4.46. The summed E-state index contributed by atoms with van der Waals surface area (Å²) in [6.45, 7) is 6.35. The molecule has 4 nitrogen and oxygen atoms in total. The highest BCUT2D eigenvalue weighted by molar-refractivity contribution is 8.00. The summed E-state index contributed by atoms with van der Waals surface area (Å²) < 4.78 is 12.9. The van der Waals surface area contributed by atoms with Crippen LogP contribution in [0.25, 0.3) is 10.2 Å².